The van der Waals surface area contributed by atoms with Crippen LogP contribution < -0.4 is 5.73 Å². The Morgan fingerprint density at radius 1 is 1.07 bits per heavy atom. The molecule has 8 nitrogen and oxygen atoms in total. The van der Waals surface area contributed by atoms with Gasteiger partial charge in [-0.05, 0) is 39.0 Å². The van der Waals surface area contributed by atoms with E-state index in [1.54, 1.807) is 0 Å². The Balaban J connectivity index is 0. The topological polar surface area (TPSA) is 108 Å². The number of rotatable bonds is 11. The quantitative estimate of drug-likeness (QED) is 0.278. The monoisotopic (exact) mass is 474 g/mol. The Morgan fingerprint density at radius 3 is 1.93 bits per heavy atom. The van der Waals surface area contributed by atoms with Crippen LogP contribution >= 0.6 is 12.4 Å². The molecule has 0 aliphatic carbocycles. The maximum absolute atomic E-state index is 12.3. The van der Waals surface area contributed by atoms with Crippen molar-refractivity contribution in [2.24, 2.45) is 17.1 Å². The molecule has 0 aliphatic rings. The van der Waals surface area contributed by atoms with Crippen molar-refractivity contribution in [1.82, 2.24) is 4.31 Å². The fourth-order valence-electron chi connectivity index (χ4n) is 2.37. The van der Waals surface area contributed by atoms with E-state index in [1.165, 1.54) is 10.6 Å². The second-order valence-electron chi connectivity index (χ2n) is 9.95. The molecule has 0 aromatic rings. The van der Waals surface area contributed by atoms with Gasteiger partial charge in [-0.15, -0.1) is 12.4 Å². The third-order valence-corrected chi connectivity index (χ3v) is 6.21. The van der Waals surface area contributed by atoms with Gasteiger partial charge < -0.3 is 19.9 Å². The fourth-order valence-corrected chi connectivity index (χ4v) is 3.80. The van der Waals surface area contributed by atoms with Crippen LogP contribution in [0.5, 0.6) is 0 Å². The lowest BCUT2D eigenvalue weighted by Gasteiger charge is -2.38. The molecule has 0 aromatic carbocycles. The van der Waals surface area contributed by atoms with Gasteiger partial charge >= 0.3 is 5.97 Å². The predicted octanol–water partition coefficient (Wildman–Crippen LogP) is 2.79. The lowest BCUT2D eigenvalue weighted by Crippen LogP contribution is -2.51. The zero-order valence-corrected chi connectivity index (χ0v) is 21.9. The highest BCUT2D eigenvalue weighted by atomic mass is 35.5. The van der Waals surface area contributed by atoms with E-state index >= 15 is 0 Å². The molecule has 0 aliphatic heterocycles. The van der Waals surface area contributed by atoms with Crippen LogP contribution in [0.4, 0.5) is 0 Å². The van der Waals surface area contributed by atoms with E-state index in [-0.39, 0.29) is 49.8 Å². The third-order valence-electron chi connectivity index (χ3n) is 4.71. The first-order chi connectivity index (χ1) is 12.9. The number of ether oxygens (including phenoxy) is 3. The number of sulfonamides is 1. The van der Waals surface area contributed by atoms with E-state index in [2.05, 4.69) is 0 Å². The predicted molar refractivity (Wildman–Crippen MR) is 122 cm³/mol. The van der Waals surface area contributed by atoms with Crippen molar-refractivity contribution in [3.8, 4) is 0 Å². The first-order valence-electron chi connectivity index (χ1n) is 10.0. The zero-order valence-electron chi connectivity index (χ0n) is 20.2. The first kappa shape index (κ1) is 31.7. The van der Waals surface area contributed by atoms with Crippen LogP contribution in [0.3, 0.4) is 0 Å². The van der Waals surface area contributed by atoms with E-state index in [0.29, 0.717) is 0 Å². The molecule has 30 heavy (non-hydrogen) atoms. The number of esters is 1. The van der Waals surface area contributed by atoms with Gasteiger partial charge in [0.2, 0.25) is 10.0 Å². The van der Waals surface area contributed by atoms with Gasteiger partial charge in [-0.3, -0.25) is 4.79 Å². The van der Waals surface area contributed by atoms with E-state index < -0.39 is 33.7 Å². The molecule has 0 fully saturated rings. The summed E-state index contributed by atoms with van der Waals surface area (Å²) in [6, 6.07) is -0.715. The number of carbonyl (C=O) groups excluding carboxylic acids is 1. The summed E-state index contributed by atoms with van der Waals surface area (Å²) in [7, 11) is -3.46. The molecule has 0 spiro atoms. The smallest absolute Gasteiger partial charge is 0.325 e. The van der Waals surface area contributed by atoms with E-state index in [1.807, 2.05) is 62.3 Å². The van der Waals surface area contributed by atoms with E-state index in [4.69, 9.17) is 19.9 Å². The summed E-state index contributed by atoms with van der Waals surface area (Å²) < 4.78 is 42.7. The van der Waals surface area contributed by atoms with Gasteiger partial charge in [-0.1, -0.05) is 34.6 Å². The van der Waals surface area contributed by atoms with Crippen molar-refractivity contribution in [2.45, 2.75) is 86.1 Å². The Kier molecular flexibility index (Phi) is 13.3. The minimum absolute atomic E-state index is 0. The number of hydrogen-bond acceptors (Lipinski definition) is 7. The highest BCUT2D eigenvalue weighted by Gasteiger charge is 2.34. The van der Waals surface area contributed by atoms with E-state index in [0.717, 1.165) is 0 Å². The average Bonchev–Trinajstić information content (AvgIpc) is 2.51. The maximum atomic E-state index is 12.3. The van der Waals surface area contributed by atoms with Crippen LogP contribution in [0, 0.1) is 11.3 Å². The highest BCUT2D eigenvalue weighted by Crippen LogP contribution is 2.25. The first-order valence-corrected chi connectivity index (χ1v) is 11.9. The molecule has 0 bridgehead atoms. The fraction of sp³-hybridized carbons (Fsp3) is 0.950. The Labute approximate surface area is 189 Å². The number of nitrogens with two attached hydrogens (primary N) is 1. The Morgan fingerprint density at radius 2 is 1.57 bits per heavy atom. The minimum atomic E-state index is -3.46. The van der Waals surface area contributed by atoms with Crippen LogP contribution in [0.1, 0.15) is 62.3 Å². The second kappa shape index (κ2) is 12.6. The Bertz CT molecular complexity index is 614. The summed E-state index contributed by atoms with van der Waals surface area (Å²) >= 11 is 0. The molecule has 0 unspecified atom stereocenters. The summed E-state index contributed by atoms with van der Waals surface area (Å²) in [5, 5.41) is 0. The molecule has 0 amide bonds. The van der Waals surface area contributed by atoms with Crippen molar-refractivity contribution in [3.63, 3.8) is 0 Å². The molecule has 0 saturated heterocycles. The van der Waals surface area contributed by atoms with Gasteiger partial charge in [0.1, 0.15) is 6.04 Å². The number of nitrogens with zero attached hydrogens (tertiary/aromatic N) is 1. The van der Waals surface area contributed by atoms with Crippen molar-refractivity contribution in [1.29, 1.82) is 0 Å². The van der Waals surface area contributed by atoms with Gasteiger partial charge in [-0.25, -0.2) is 8.42 Å². The summed E-state index contributed by atoms with van der Waals surface area (Å²) in [5.41, 5.74) is 5.00. The van der Waals surface area contributed by atoms with Crippen LogP contribution in [0.15, 0.2) is 0 Å². The molecule has 0 aromatic heterocycles. The average molecular weight is 475 g/mol. The molecule has 2 N–H and O–H groups in total. The molecular formula is C20H43ClN2O6S. The van der Waals surface area contributed by atoms with Gasteiger partial charge in [0.15, 0.2) is 6.79 Å². The minimum Gasteiger partial charge on any atom is -0.437 e. The molecule has 0 radical (unpaired) electrons. The van der Waals surface area contributed by atoms with E-state index in [9.17, 15) is 13.2 Å². The molecule has 0 saturated carbocycles. The zero-order chi connectivity index (χ0) is 23.2. The maximum Gasteiger partial charge on any atom is 0.325 e. The van der Waals surface area contributed by atoms with Crippen LogP contribution in [0.25, 0.3) is 0 Å². The van der Waals surface area contributed by atoms with Gasteiger partial charge in [0.05, 0.1) is 25.1 Å². The van der Waals surface area contributed by atoms with Crippen molar-refractivity contribution in [2.75, 3.05) is 26.2 Å². The molecule has 0 heterocycles. The molecule has 182 valence electrons. The standard InChI is InChI=1S/C20H42N2O6S.ClH/c1-14(2)17(21)18(23)27-13-26-12-16(28-15(3)19(4,5)6)11-22(20(7,8)9)29(10,24)25;/h14-17H,11-13,21H2,1-10H3;1H/t15-,16-,17+;/m0./s1. The molecule has 3 atom stereocenters. The lowest BCUT2D eigenvalue weighted by molar-refractivity contribution is -0.165. The third kappa shape index (κ3) is 11.8. The van der Waals surface area contributed by atoms with Crippen molar-refractivity contribution in [3.05, 3.63) is 0 Å². The van der Waals surface area contributed by atoms with Gasteiger partial charge in [0, 0.05) is 12.1 Å². The van der Waals surface area contributed by atoms with Crippen LogP contribution in [-0.2, 0) is 29.0 Å². The summed E-state index contributed by atoms with van der Waals surface area (Å²) in [6.45, 7) is 17.2. The van der Waals surface area contributed by atoms with Crippen molar-refractivity contribution >= 4 is 28.4 Å². The molecule has 10 heteroatoms. The number of carbonyl (C=O) groups is 1. The largest absolute Gasteiger partial charge is 0.437 e. The Hall–Kier alpha value is -0.450. The van der Waals surface area contributed by atoms with Gasteiger partial charge in [-0.2, -0.15) is 4.31 Å². The van der Waals surface area contributed by atoms with Crippen molar-refractivity contribution < 1.29 is 27.4 Å². The molecular weight excluding hydrogens is 432 g/mol. The number of hydrogen-bond donors (Lipinski definition) is 1. The summed E-state index contributed by atoms with van der Waals surface area (Å²) in [6.07, 6.45) is 0.503. The molecule has 0 rings (SSSR count). The second-order valence-corrected chi connectivity index (χ2v) is 11.9. The highest BCUT2D eigenvalue weighted by molar-refractivity contribution is 7.88. The normalized spacial score (nSPS) is 16.2. The summed E-state index contributed by atoms with van der Waals surface area (Å²) in [5.74, 6) is -0.575. The lowest BCUT2D eigenvalue weighted by atomic mass is 9.90. The summed E-state index contributed by atoms with van der Waals surface area (Å²) in [4.78, 5) is 11.8. The van der Waals surface area contributed by atoms with Crippen LogP contribution in [0.2, 0.25) is 0 Å². The SMILES string of the molecule is CC(C)[C@@H](N)C(=O)OCOC[C@H](CN(C(C)(C)C)S(C)(=O)=O)O[C@@H](C)C(C)(C)C.Cl. The van der Waals surface area contributed by atoms with Gasteiger partial charge in [0.25, 0.3) is 0 Å². The number of halogens is 1. The van der Waals surface area contributed by atoms with Crippen LogP contribution in [-0.4, -0.2) is 68.7 Å².